The van der Waals surface area contributed by atoms with E-state index in [1.165, 1.54) is 12.1 Å². The van der Waals surface area contributed by atoms with Crippen LogP contribution in [0.15, 0.2) is 29.5 Å². The van der Waals surface area contributed by atoms with Gasteiger partial charge in [0.1, 0.15) is 5.82 Å². The van der Waals surface area contributed by atoms with E-state index in [1.54, 1.807) is 31.9 Å². The number of thiocarbonyl (C=S) groups is 1. The van der Waals surface area contributed by atoms with Gasteiger partial charge in [0.05, 0.1) is 30.9 Å². The lowest BCUT2D eigenvalue weighted by Crippen LogP contribution is -2.52. The maximum absolute atomic E-state index is 14.5. The topological polar surface area (TPSA) is 50.8 Å². The van der Waals surface area contributed by atoms with Crippen LogP contribution in [0.25, 0.3) is 0 Å². The standard InChI is InChI=1S/C18H22ClFN2O3S/c1-5-25-17(23)14-11(3)22(10(2)9-24-4)18(26)21-16(14)15-12(19)7-6-8-13(15)20/h6-8,10,16H,5,9H2,1-4H3,(H,21,26)/t10-,16-/m0/s1. The van der Waals surface area contributed by atoms with E-state index in [9.17, 15) is 9.18 Å². The number of carbonyl (C=O) groups is 1. The smallest absolute Gasteiger partial charge is 0.338 e. The maximum Gasteiger partial charge on any atom is 0.338 e. The summed E-state index contributed by atoms with van der Waals surface area (Å²) >= 11 is 11.7. The van der Waals surface area contributed by atoms with Crippen LogP contribution in [0.4, 0.5) is 4.39 Å². The van der Waals surface area contributed by atoms with Gasteiger partial charge in [-0.1, -0.05) is 17.7 Å². The lowest BCUT2D eigenvalue weighted by Gasteiger charge is -2.40. The largest absolute Gasteiger partial charge is 0.463 e. The van der Waals surface area contributed by atoms with Crippen LogP contribution in [0.2, 0.25) is 5.02 Å². The molecule has 0 aliphatic carbocycles. The fourth-order valence-corrected chi connectivity index (χ4v) is 3.79. The molecule has 0 saturated heterocycles. The molecule has 0 radical (unpaired) electrons. The summed E-state index contributed by atoms with van der Waals surface area (Å²) in [4.78, 5) is 14.4. The lowest BCUT2D eigenvalue weighted by molar-refractivity contribution is -0.139. The zero-order valence-electron chi connectivity index (χ0n) is 15.1. The first kappa shape index (κ1) is 20.6. The number of methoxy groups -OCH3 is 1. The molecule has 0 spiro atoms. The van der Waals surface area contributed by atoms with Crippen molar-refractivity contribution in [2.24, 2.45) is 0 Å². The highest BCUT2D eigenvalue weighted by atomic mass is 35.5. The number of ether oxygens (including phenoxy) is 2. The summed E-state index contributed by atoms with van der Waals surface area (Å²) in [5.41, 5.74) is 1.02. The molecule has 26 heavy (non-hydrogen) atoms. The molecule has 2 atom stereocenters. The van der Waals surface area contributed by atoms with Crippen LogP contribution in [0, 0.1) is 5.82 Å². The van der Waals surface area contributed by atoms with Crippen LogP contribution in [0.1, 0.15) is 32.4 Å². The molecule has 142 valence electrons. The van der Waals surface area contributed by atoms with Crippen LogP contribution in [-0.4, -0.2) is 42.3 Å². The molecule has 2 rings (SSSR count). The van der Waals surface area contributed by atoms with Crippen molar-refractivity contribution in [3.05, 3.63) is 45.9 Å². The Balaban J connectivity index is 2.62. The second kappa shape index (κ2) is 8.79. The van der Waals surface area contributed by atoms with E-state index in [-0.39, 0.29) is 28.8 Å². The van der Waals surface area contributed by atoms with Crippen molar-refractivity contribution in [2.75, 3.05) is 20.3 Å². The van der Waals surface area contributed by atoms with Crippen LogP contribution >= 0.6 is 23.8 Å². The maximum atomic E-state index is 14.5. The van der Waals surface area contributed by atoms with Crippen molar-refractivity contribution >= 4 is 34.9 Å². The molecule has 0 saturated carbocycles. The summed E-state index contributed by atoms with van der Waals surface area (Å²) in [5.74, 6) is -1.07. The van der Waals surface area contributed by atoms with Crippen molar-refractivity contribution in [1.29, 1.82) is 0 Å². The third kappa shape index (κ3) is 4.00. The van der Waals surface area contributed by atoms with Gasteiger partial charge in [0.15, 0.2) is 5.11 Å². The van der Waals surface area contributed by atoms with Gasteiger partial charge < -0.3 is 19.7 Å². The zero-order chi connectivity index (χ0) is 19.4. The first-order valence-corrected chi connectivity index (χ1v) is 9.02. The van der Waals surface area contributed by atoms with Crippen molar-refractivity contribution < 1.29 is 18.7 Å². The second-order valence-electron chi connectivity index (χ2n) is 5.91. The molecule has 0 aromatic heterocycles. The Bertz CT molecular complexity index is 721. The molecule has 1 aliphatic heterocycles. The van der Waals surface area contributed by atoms with Crippen molar-refractivity contribution in [1.82, 2.24) is 10.2 Å². The van der Waals surface area contributed by atoms with Gasteiger partial charge in [-0.15, -0.1) is 0 Å². The minimum Gasteiger partial charge on any atom is -0.463 e. The zero-order valence-corrected chi connectivity index (χ0v) is 16.7. The SMILES string of the molecule is CCOC(=O)C1=C(C)N([C@@H](C)COC)C(=S)N[C@@H]1c1c(F)cccc1Cl. The van der Waals surface area contributed by atoms with E-state index in [2.05, 4.69) is 5.32 Å². The number of halogens is 2. The highest BCUT2D eigenvalue weighted by molar-refractivity contribution is 7.80. The molecular formula is C18H22ClFN2O3S. The fourth-order valence-electron chi connectivity index (χ4n) is 3.08. The Morgan fingerprint density at radius 3 is 2.77 bits per heavy atom. The van der Waals surface area contributed by atoms with Crippen LogP contribution in [0.3, 0.4) is 0 Å². The number of nitrogens with one attached hydrogen (secondary N) is 1. The van der Waals surface area contributed by atoms with E-state index in [4.69, 9.17) is 33.3 Å². The quantitative estimate of drug-likeness (QED) is 0.581. The van der Waals surface area contributed by atoms with Gasteiger partial charge in [0.2, 0.25) is 0 Å². The van der Waals surface area contributed by atoms with E-state index in [0.29, 0.717) is 17.4 Å². The van der Waals surface area contributed by atoms with Gasteiger partial charge in [-0.25, -0.2) is 9.18 Å². The number of allylic oxidation sites excluding steroid dienone is 1. The van der Waals surface area contributed by atoms with Gasteiger partial charge in [-0.3, -0.25) is 0 Å². The predicted octanol–water partition coefficient (Wildman–Crippen LogP) is 3.58. The van der Waals surface area contributed by atoms with Gasteiger partial charge in [0.25, 0.3) is 0 Å². The number of hydrogen-bond acceptors (Lipinski definition) is 4. The molecule has 0 bridgehead atoms. The van der Waals surface area contributed by atoms with Gasteiger partial charge in [-0.05, 0) is 45.1 Å². The number of nitrogens with zero attached hydrogens (tertiary/aromatic N) is 1. The first-order chi connectivity index (χ1) is 12.3. The van der Waals surface area contributed by atoms with Gasteiger partial charge in [-0.2, -0.15) is 0 Å². The fraction of sp³-hybridized carbons (Fsp3) is 0.444. The molecule has 1 N–H and O–H groups in total. The molecule has 5 nitrogen and oxygen atoms in total. The summed E-state index contributed by atoms with van der Waals surface area (Å²) < 4.78 is 24.9. The molecule has 1 aliphatic rings. The Kier molecular flexibility index (Phi) is 6.97. The highest BCUT2D eigenvalue weighted by Crippen LogP contribution is 2.36. The molecule has 0 amide bonds. The van der Waals surface area contributed by atoms with Crippen molar-refractivity contribution in [3.8, 4) is 0 Å². The number of carbonyl (C=O) groups excluding carboxylic acids is 1. The van der Waals surface area contributed by atoms with Crippen LogP contribution in [0.5, 0.6) is 0 Å². The Labute approximate surface area is 163 Å². The minimum atomic E-state index is -0.832. The van der Waals surface area contributed by atoms with E-state index >= 15 is 0 Å². The number of esters is 1. The Morgan fingerprint density at radius 2 is 2.19 bits per heavy atom. The number of rotatable bonds is 6. The van der Waals surface area contributed by atoms with Crippen LogP contribution < -0.4 is 5.32 Å². The second-order valence-corrected chi connectivity index (χ2v) is 6.71. The summed E-state index contributed by atoms with van der Waals surface area (Å²) in [7, 11) is 1.59. The highest BCUT2D eigenvalue weighted by Gasteiger charge is 2.38. The van der Waals surface area contributed by atoms with E-state index in [1.807, 2.05) is 6.92 Å². The molecule has 1 aromatic rings. The van der Waals surface area contributed by atoms with E-state index < -0.39 is 17.8 Å². The molecule has 1 heterocycles. The van der Waals surface area contributed by atoms with E-state index in [0.717, 1.165) is 0 Å². The molecule has 8 heteroatoms. The number of hydrogen-bond donors (Lipinski definition) is 1. The third-order valence-corrected chi connectivity index (χ3v) is 4.80. The first-order valence-electron chi connectivity index (χ1n) is 8.23. The third-order valence-electron chi connectivity index (χ3n) is 4.16. The molecule has 0 unspecified atom stereocenters. The van der Waals surface area contributed by atoms with Gasteiger partial charge >= 0.3 is 5.97 Å². The monoisotopic (exact) mass is 400 g/mol. The summed E-state index contributed by atoms with van der Waals surface area (Å²) in [6, 6.07) is 3.42. The predicted molar refractivity (Wildman–Crippen MR) is 102 cm³/mol. The number of benzene rings is 1. The van der Waals surface area contributed by atoms with Gasteiger partial charge in [0, 0.05) is 23.4 Å². The van der Waals surface area contributed by atoms with Crippen molar-refractivity contribution in [3.63, 3.8) is 0 Å². The normalized spacial score (nSPS) is 18.6. The minimum absolute atomic E-state index is 0.124. The summed E-state index contributed by atoms with van der Waals surface area (Å²) in [6.45, 7) is 5.99. The lowest BCUT2D eigenvalue weighted by atomic mass is 9.94. The molecule has 0 fully saturated rings. The Hall–Kier alpha value is -1.70. The van der Waals surface area contributed by atoms with Crippen LogP contribution in [-0.2, 0) is 14.3 Å². The average molecular weight is 401 g/mol. The summed E-state index contributed by atoms with van der Waals surface area (Å²) in [6.07, 6.45) is 0. The molecule has 1 aromatic carbocycles. The Morgan fingerprint density at radius 1 is 1.50 bits per heavy atom. The summed E-state index contributed by atoms with van der Waals surface area (Å²) in [5, 5.41) is 3.61. The molecular weight excluding hydrogens is 379 g/mol. The average Bonchev–Trinajstić information content (AvgIpc) is 2.54. The van der Waals surface area contributed by atoms with Crippen molar-refractivity contribution in [2.45, 2.75) is 32.9 Å².